The molecule has 0 aliphatic rings. The lowest BCUT2D eigenvalue weighted by Crippen LogP contribution is -1.99. The maximum absolute atomic E-state index is 13.1. The lowest BCUT2D eigenvalue weighted by molar-refractivity contribution is 0.305. The molecule has 0 bridgehead atoms. The van der Waals surface area contributed by atoms with Gasteiger partial charge in [0, 0.05) is 34.6 Å². The van der Waals surface area contributed by atoms with Gasteiger partial charge in [0.25, 0.3) is 0 Å². The van der Waals surface area contributed by atoms with E-state index in [0.717, 1.165) is 11.1 Å². The second kappa shape index (κ2) is 9.80. The normalized spacial score (nSPS) is 10.7. The summed E-state index contributed by atoms with van der Waals surface area (Å²) in [6, 6.07) is 22.3. The molecule has 0 unspecified atom stereocenters. The summed E-state index contributed by atoms with van der Waals surface area (Å²) >= 11 is 0. The van der Waals surface area contributed by atoms with E-state index >= 15 is 0 Å². The van der Waals surface area contributed by atoms with Crippen LogP contribution in [0.25, 0.3) is 0 Å². The second-order valence-corrected chi connectivity index (χ2v) is 7.99. The number of pyridine rings is 2. The minimum Gasteiger partial charge on any atom is -0.489 e. The van der Waals surface area contributed by atoms with Crippen molar-refractivity contribution in [2.45, 2.75) is 23.0 Å². The van der Waals surface area contributed by atoms with Gasteiger partial charge in [-0.3, -0.25) is 9.97 Å². The van der Waals surface area contributed by atoms with Crippen LogP contribution in [0.3, 0.4) is 0 Å². The summed E-state index contributed by atoms with van der Waals surface area (Å²) in [7, 11) is -1.34. The van der Waals surface area contributed by atoms with Crippen LogP contribution in [0.4, 0.5) is 0 Å². The molecule has 0 radical (unpaired) electrons. The molecule has 0 aliphatic carbocycles. The molecule has 0 spiro atoms. The Morgan fingerprint density at radius 1 is 0.633 bits per heavy atom. The first kappa shape index (κ1) is 19.8. The van der Waals surface area contributed by atoms with E-state index in [9.17, 15) is 4.21 Å². The van der Waals surface area contributed by atoms with Crippen molar-refractivity contribution in [1.29, 1.82) is 0 Å². The number of benzene rings is 2. The molecule has 2 aromatic heterocycles. The maximum Gasteiger partial charge on any atom is 0.121 e. The second-order valence-electron chi connectivity index (χ2n) is 6.51. The van der Waals surface area contributed by atoms with Crippen LogP contribution in [-0.2, 0) is 24.0 Å². The van der Waals surface area contributed by atoms with Crippen molar-refractivity contribution in [2.75, 3.05) is 0 Å². The summed E-state index contributed by atoms with van der Waals surface area (Å²) < 4.78 is 24.8. The molecule has 30 heavy (non-hydrogen) atoms. The van der Waals surface area contributed by atoms with E-state index in [4.69, 9.17) is 9.47 Å². The van der Waals surface area contributed by atoms with Crippen LogP contribution in [0.2, 0.25) is 0 Å². The summed E-state index contributed by atoms with van der Waals surface area (Å²) in [4.78, 5) is 9.35. The lowest BCUT2D eigenvalue weighted by Gasteiger charge is -2.10. The molecule has 2 heterocycles. The highest BCUT2D eigenvalue weighted by Crippen LogP contribution is 2.24. The highest BCUT2D eigenvalue weighted by molar-refractivity contribution is 7.85. The predicted octanol–water partition coefficient (Wildman–Crippen LogP) is 4.80. The number of nitrogens with zero attached hydrogens (tertiary/aromatic N) is 2. The number of hydrogen-bond acceptors (Lipinski definition) is 5. The van der Waals surface area contributed by atoms with Gasteiger partial charge in [-0.05, 0) is 71.8 Å². The molecular weight excluding hydrogens is 396 g/mol. The molecule has 2 aromatic carbocycles. The highest BCUT2D eigenvalue weighted by Gasteiger charge is 2.10. The zero-order chi connectivity index (χ0) is 20.6. The maximum atomic E-state index is 13.1. The van der Waals surface area contributed by atoms with Crippen LogP contribution < -0.4 is 9.47 Å². The molecule has 0 amide bonds. The topological polar surface area (TPSA) is 61.3 Å². The summed E-state index contributed by atoms with van der Waals surface area (Å²) in [6.45, 7) is 0.855. The van der Waals surface area contributed by atoms with E-state index in [1.54, 1.807) is 24.8 Å². The van der Waals surface area contributed by atoms with Crippen molar-refractivity contribution in [2.24, 2.45) is 0 Å². The Morgan fingerprint density at radius 2 is 1.07 bits per heavy atom. The van der Waals surface area contributed by atoms with Gasteiger partial charge in [-0.25, -0.2) is 4.21 Å². The third-order valence-electron chi connectivity index (χ3n) is 4.35. The Morgan fingerprint density at radius 3 is 1.50 bits per heavy atom. The van der Waals surface area contributed by atoms with Crippen molar-refractivity contribution in [1.82, 2.24) is 9.97 Å². The Bertz CT molecular complexity index is 1030. The Hall–Kier alpha value is -3.51. The first-order chi connectivity index (χ1) is 14.8. The van der Waals surface area contributed by atoms with Crippen LogP contribution in [0, 0.1) is 0 Å². The largest absolute Gasteiger partial charge is 0.489 e. The fourth-order valence-electron chi connectivity index (χ4n) is 2.79. The van der Waals surface area contributed by atoms with Crippen molar-refractivity contribution in [3.05, 3.63) is 109 Å². The molecule has 0 atom stereocenters. The summed E-state index contributed by atoms with van der Waals surface area (Å²) in [5.41, 5.74) is 2.05. The third-order valence-corrected chi connectivity index (χ3v) is 5.71. The zero-order valence-corrected chi connectivity index (χ0v) is 17.0. The Balaban J connectivity index is 1.43. The number of hydrogen-bond donors (Lipinski definition) is 0. The van der Waals surface area contributed by atoms with Crippen LogP contribution in [0.1, 0.15) is 11.1 Å². The third kappa shape index (κ3) is 5.30. The van der Waals surface area contributed by atoms with Gasteiger partial charge < -0.3 is 9.47 Å². The molecule has 0 saturated heterocycles. The molecule has 4 aromatic rings. The van der Waals surface area contributed by atoms with Crippen LogP contribution in [0.5, 0.6) is 11.5 Å². The quantitative estimate of drug-likeness (QED) is 0.413. The summed E-state index contributed by atoms with van der Waals surface area (Å²) in [5.74, 6) is 1.34. The lowest BCUT2D eigenvalue weighted by atomic mass is 10.3. The van der Waals surface area contributed by atoms with E-state index in [2.05, 4.69) is 9.97 Å². The van der Waals surface area contributed by atoms with Crippen molar-refractivity contribution in [3.63, 3.8) is 0 Å². The van der Waals surface area contributed by atoms with Gasteiger partial charge in [0.1, 0.15) is 24.7 Å². The average molecular weight is 417 g/mol. The van der Waals surface area contributed by atoms with Gasteiger partial charge in [-0.15, -0.1) is 0 Å². The van der Waals surface area contributed by atoms with E-state index in [1.165, 1.54) is 0 Å². The molecular formula is C24H20N2O3S. The van der Waals surface area contributed by atoms with Gasteiger partial charge in [0.15, 0.2) is 0 Å². The van der Waals surface area contributed by atoms with Crippen LogP contribution in [-0.4, -0.2) is 14.2 Å². The van der Waals surface area contributed by atoms with E-state index < -0.39 is 10.8 Å². The van der Waals surface area contributed by atoms with Gasteiger partial charge in [-0.2, -0.15) is 0 Å². The SMILES string of the molecule is O=S(c1cccc(OCc2ccncc2)c1)c1cccc(OCc2ccncc2)c1. The van der Waals surface area contributed by atoms with E-state index in [-0.39, 0.29) is 0 Å². The monoisotopic (exact) mass is 416 g/mol. The Labute approximate surface area is 177 Å². The number of ether oxygens (including phenoxy) is 2. The molecule has 6 heteroatoms. The van der Waals surface area contributed by atoms with E-state index in [0.29, 0.717) is 34.5 Å². The molecule has 150 valence electrons. The van der Waals surface area contributed by atoms with Gasteiger partial charge in [-0.1, -0.05) is 12.1 Å². The summed E-state index contributed by atoms with van der Waals surface area (Å²) in [5, 5.41) is 0. The van der Waals surface area contributed by atoms with Gasteiger partial charge >= 0.3 is 0 Å². The number of aromatic nitrogens is 2. The number of rotatable bonds is 8. The van der Waals surface area contributed by atoms with Crippen LogP contribution >= 0.6 is 0 Å². The van der Waals surface area contributed by atoms with Crippen molar-refractivity contribution >= 4 is 10.8 Å². The first-order valence-corrected chi connectivity index (χ1v) is 10.6. The molecule has 0 saturated carbocycles. The molecule has 0 aliphatic heterocycles. The van der Waals surface area contributed by atoms with Crippen molar-refractivity contribution in [3.8, 4) is 11.5 Å². The van der Waals surface area contributed by atoms with Crippen LogP contribution in [0.15, 0.2) is 107 Å². The first-order valence-electron chi connectivity index (χ1n) is 9.43. The molecule has 0 N–H and O–H groups in total. The smallest absolute Gasteiger partial charge is 0.121 e. The minimum absolute atomic E-state index is 0.428. The minimum atomic E-state index is -1.34. The highest BCUT2D eigenvalue weighted by atomic mass is 32.2. The molecule has 4 rings (SSSR count). The van der Waals surface area contributed by atoms with Gasteiger partial charge in [0.2, 0.25) is 0 Å². The standard InChI is InChI=1S/C24H20N2O3S/c27-30(23-5-1-3-21(15-23)28-17-19-7-11-25-12-8-19)24-6-2-4-22(16-24)29-18-20-9-13-26-14-10-20/h1-16H,17-18H2. The zero-order valence-electron chi connectivity index (χ0n) is 16.2. The molecule has 5 nitrogen and oxygen atoms in total. The summed E-state index contributed by atoms with van der Waals surface area (Å²) in [6.07, 6.45) is 6.92. The van der Waals surface area contributed by atoms with Crippen molar-refractivity contribution < 1.29 is 13.7 Å². The van der Waals surface area contributed by atoms with Gasteiger partial charge in [0.05, 0.1) is 10.8 Å². The fourth-order valence-corrected chi connectivity index (χ4v) is 3.91. The predicted molar refractivity (Wildman–Crippen MR) is 115 cm³/mol. The fraction of sp³-hybridized carbons (Fsp3) is 0.0833. The molecule has 0 fully saturated rings. The van der Waals surface area contributed by atoms with E-state index in [1.807, 2.05) is 72.8 Å². The average Bonchev–Trinajstić information content (AvgIpc) is 2.83. The Kier molecular flexibility index (Phi) is 6.47.